The fourth-order valence-electron chi connectivity index (χ4n) is 6.92. The lowest BCUT2D eigenvalue weighted by Crippen LogP contribution is -2.71. The molecule has 196 valence electrons. The van der Waals surface area contributed by atoms with Gasteiger partial charge in [0.1, 0.15) is 11.9 Å². The van der Waals surface area contributed by atoms with Gasteiger partial charge < -0.3 is 33.2 Å². The second-order valence-electron chi connectivity index (χ2n) is 10.7. The largest absolute Gasteiger partial charge is 0.446 e. The molecule has 6 aliphatic rings. The van der Waals surface area contributed by atoms with Gasteiger partial charge in [0.2, 0.25) is 11.9 Å². The maximum absolute atomic E-state index is 14.0. The van der Waals surface area contributed by atoms with Gasteiger partial charge in [0.25, 0.3) is 5.79 Å². The van der Waals surface area contributed by atoms with E-state index in [0.717, 1.165) is 0 Å². The lowest BCUT2D eigenvalue weighted by Gasteiger charge is -2.49. The maximum Gasteiger partial charge on any atom is 0.320 e. The average molecular weight is 520 g/mol. The second kappa shape index (κ2) is 7.08. The normalized spacial score (nSPS) is 36.0. The van der Waals surface area contributed by atoms with Crippen molar-refractivity contribution in [1.29, 1.82) is 0 Å². The Hall–Kier alpha value is -3.15. The van der Waals surface area contributed by atoms with Gasteiger partial charge in [0.15, 0.2) is 17.7 Å². The van der Waals surface area contributed by atoms with E-state index in [4.69, 9.17) is 33.2 Å². The van der Waals surface area contributed by atoms with Crippen LogP contribution in [-0.4, -0.2) is 66.9 Å². The highest BCUT2D eigenvalue weighted by atomic mass is 16.9. The van der Waals surface area contributed by atoms with Crippen LogP contribution in [0.25, 0.3) is 0 Å². The topological polar surface area (TPSA) is 119 Å². The van der Waals surface area contributed by atoms with Gasteiger partial charge in [-0.3, -0.25) is 14.4 Å². The van der Waals surface area contributed by atoms with Crippen molar-refractivity contribution in [2.24, 2.45) is 0 Å². The molecule has 0 amide bonds. The van der Waals surface area contributed by atoms with Crippen LogP contribution >= 0.6 is 0 Å². The monoisotopic (exact) mass is 520 g/mol. The number of rotatable bonds is 2. The van der Waals surface area contributed by atoms with Crippen LogP contribution in [0.1, 0.15) is 68.0 Å². The first-order valence-electron chi connectivity index (χ1n) is 12.7. The zero-order chi connectivity index (χ0) is 26.2. The van der Waals surface area contributed by atoms with Gasteiger partial charge in [-0.05, 0) is 37.5 Å². The van der Waals surface area contributed by atoms with Crippen molar-refractivity contribution in [1.82, 2.24) is 0 Å². The molecule has 0 N–H and O–H groups in total. The van der Waals surface area contributed by atoms with Crippen LogP contribution in [0.15, 0.2) is 24.3 Å². The fraction of sp³-hybridized carbons (Fsp3) is 0.464. The lowest BCUT2D eigenvalue weighted by atomic mass is 9.75. The van der Waals surface area contributed by atoms with Crippen molar-refractivity contribution >= 4 is 17.5 Å². The minimum atomic E-state index is -1.78. The number of carbonyl (C=O) groups is 3. The Morgan fingerprint density at radius 1 is 1.00 bits per heavy atom. The van der Waals surface area contributed by atoms with Crippen molar-refractivity contribution in [3.05, 3.63) is 63.2 Å². The summed E-state index contributed by atoms with van der Waals surface area (Å²) in [5.41, 5.74) is 1.56. The summed E-state index contributed by atoms with van der Waals surface area (Å²) >= 11 is 0. The Labute approximate surface area is 217 Å². The molecule has 5 heterocycles. The highest BCUT2D eigenvalue weighted by Crippen LogP contribution is 2.71. The van der Waals surface area contributed by atoms with Gasteiger partial charge in [-0.15, -0.1) is 0 Å². The van der Waals surface area contributed by atoms with E-state index in [1.165, 1.54) is 6.92 Å². The molecule has 5 atom stereocenters. The number of esters is 1. The molecule has 0 aromatic heterocycles. The number of ether oxygens (including phenoxy) is 7. The molecule has 4 saturated heterocycles. The first-order chi connectivity index (χ1) is 18.2. The number of hydrogen-bond donors (Lipinski definition) is 0. The Balaban J connectivity index is 1.37. The Kier molecular flexibility index (Phi) is 4.25. The maximum atomic E-state index is 14.0. The Morgan fingerprint density at radius 2 is 1.76 bits per heavy atom. The summed E-state index contributed by atoms with van der Waals surface area (Å²) < 4.78 is 43.5. The van der Waals surface area contributed by atoms with Crippen LogP contribution in [0.4, 0.5) is 0 Å². The van der Waals surface area contributed by atoms with Crippen molar-refractivity contribution < 1.29 is 47.5 Å². The molecule has 10 heteroatoms. The zero-order valence-electron chi connectivity index (χ0n) is 21.0. The molecule has 4 unspecified atom stereocenters. The molecule has 2 bridgehead atoms. The summed E-state index contributed by atoms with van der Waals surface area (Å²) in [6, 6.07) is 6.90. The van der Waals surface area contributed by atoms with Gasteiger partial charge in [-0.25, -0.2) is 0 Å². The highest BCUT2D eigenvalue weighted by molar-refractivity contribution is 6.30. The summed E-state index contributed by atoms with van der Waals surface area (Å²) in [5.74, 6) is -4.42. The van der Waals surface area contributed by atoms with Crippen molar-refractivity contribution in [3.63, 3.8) is 0 Å². The number of fused-ring (bicyclic) bond motifs is 8. The summed E-state index contributed by atoms with van der Waals surface area (Å²) in [7, 11) is 0. The van der Waals surface area contributed by atoms with E-state index >= 15 is 0 Å². The standard InChI is InChI=1S/C28H24O10/c1-12-6-4-7-15-17(12)21(31)19-16(20(15)30)10-13(2)18-22(19)36-27(35-14(3)29)24-23(18)37-28(38-24,26(27)11-34-26)25-32-8-5-9-33-25/h4,6-7,10,23-25H,5,8-9,11H2,1-3H3/t23?,24?,26?,27?,28-/m1/s1. The third-order valence-corrected chi connectivity index (χ3v) is 8.53. The van der Waals surface area contributed by atoms with Gasteiger partial charge in [0, 0.05) is 29.2 Å². The fourth-order valence-corrected chi connectivity index (χ4v) is 6.92. The number of benzene rings is 2. The van der Waals surface area contributed by atoms with E-state index in [2.05, 4.69) is 0 Å². The van der Waals surface area contributed by atoms with Crippen molar-refractivity contribution in [3.8, 4) is 5.75 Å². The van der Waals surface area contributed by atoms with E-state index in [9.17, 15) is 14.4 Å². The summed E-state index contributed by atoms with van der Waals surface area (Å²) in [6.45, 7) is 5.84. The van der Waals surface area contributed by atoms with Crippen LogP contribution < -0.4 is 4.74 Å². The summed E-state index contributed by atoms with van der Waals surface area (Å²) in [6.07, 6.45) is -1.95. The Bertz CT molecular complexity index is 1480. The molecule has 0 saturated carbocycles. The molecule has 4 fully saturated rings. The number of hydrogen-bond acceptors (Lipinski definition) is 10. The van der Waals surface area contributed by atoms with Crippen LogP contribution in [0.3, 0.4) is 0 Å². The minimum absolute atomic E-state index is 0.0882. The first kappa shape index (κ1) is 22.8. The zero-order valence-corrected chi connectivity index (χ0v) is 21.0. The van der Waals surface area contributed by atoms with Crippen LogP contribution in [0.5, 0.6) is 5.75 Å². The van der Waals surface area contributed by atoms with E-state index < -0.39 is 41.6 Å². The van der Waals surface area contributed by atoms with Crippen LogP contribution in [0.2, 0.25) is 0 Å². The molecule has 8 rings (SSSR count). The molecule has 2 aromatic carbocycles. The predicted molar refractivity (Wildman–Crippen MR) is 125 cm³/mol. The molecule has 1 aliphatic carbocycles. The molecular formula is C28H24O10. The minimum Gasteiger partial charge on any atom is -0.446 e. The van der Waals surface area contributed by atoms with E-state index in [1.54, 1.807) is 31.2 Å². The molecule has 38 heavy (non-hydrogen) atoms. The van der Waals surface area contributed by atoms with E-state index in [-0.39, 0.29) is 35.0 Å². The molecular weight excluding hydrogens is 496 g/mol. The van der Waals surface area contributed by atoms with Crippen molar-refractivity contribution in [2.75, 3.05) is 19.8 Å². The van der Waals surface area contributed by atoms with Gasteiger partial charge in [-0.1, -0.05) is 18.2 Å². The number of epoxide rings is 1. The highest BCUT2D eigenvalue weighted by Gasteiger charge is 2.94. The third kappa shape index (κ3) is 2.40. The summed E-state index contributed by atoms with van der Waals surface area (Å²) in [5, 5.41) is 0. The molecule has 2 aromatic rings. The molecule has 5 aliphatic heterocycles. The van der Waals surface area contributed by atoms with Gasteiger partial charge in [0.05, 0.1) is 25.4 Å². The average Bonchev–Trinajstić information content (AvgIpc) is 3.56. The number of ketones is 2. The lowest BCUT2D eigenvalue weighted by molar-refractivity contribution is -0.363. The van der Waals surface area contributed by atoms with E-state index in [1.807, 2.05) is 6.92 Å². The first-order valence-corrected chi connectivity index (χ1v) is 12.7. The number of carbonyl (C=O) groups excluding carboxylic acids is 3. The smallest absolute Gasteiger partial charge is 0.320 e. The second-order valence-corrected chi connectivity index (χ2v) is 10.7. The van der Waals surface area contributed by atoms with Crippen LogP contribution in [0, 0.1) is 13.8 Å². The summed E-state index contributed by atoms with van der Waals surface area (Å²) in [4.78, 5) is 40.1. The van der Waals surface area contributed by atoms with E-state index in [0.29, 0.717) is 47.5 Å². The number of aryl methyl sites for hydroxylation is 2. The van der Waals surface area contributed by atoms with Gasteiger partial charge in [-0.2, -0.15) is 0 Å². The Morgan fingerprint density at radius 3 is 2.47 bits per heavy atom. The third-order valence-electron chi connectivity index (χ3n) is 8.53. The SMILES string of the molecule is CC(=O)OC12Oc3c4c(cc(C)c3C3O[C@](C5OCCCO5)(OC31)C21CO1)C(=O)c1cccc(C)c1C4=O. The van der Waals surface area contributed by atoms with Gasteiger partial charge >= 0.3 is 11.8 Å². The predicted octanol–water partition coefficient (Wildman–Crippen LogP) is 2.43. The molecule has 0 radical (unpaired) electrons. The van der Waals surface area contributed by atoms with Crippen LogP contribution in [-0.2, 0) is 33.2 Å². The quantitative estimate of drug-likeness (QED) is 0.368. The molecule has 10 nitrogen and oxygen atoms in total. The molecule has 1 spiro atoms. The van der Waals surface area contributed by atoms with Crippen molar-refractivity contribution in [2.45, 2.75) is 62.9 Å².